The maximum Gasteiger partial charge on any atom is 0.119 e. The third-order valence-electron chi connectivity index (χ3n) is 3.92. The summed E-state index contributed by atoms with van der Waals surface area (Å²) in [7, 11) is 0. The van der Waals surface area contributed by atoms with Crippen molar-refractivity contribution in [2.24, 2.45) is 0 Å². The summed E-state index contributed by atoms with van der Waals surface area (Å²) in [5.41, 5.74) is 5.18. The molecular weight excluding hydrogens is 298 g/mol. The first-order valence-electron chi connectivity index (χ1n) is 7.99. The maximum absolute atomic E-state index is 5.53. The quantitative estimate of drug-likeness (QED) is 0.558. The molecule has 0 spiro atoms. The van der Waals surface area contributed by atoms with Gasteiger partial charge in [0.25, 0.3) is 0 Å². The molecule has 0 fully saturated rings. The Hall–Kier alpha value is -3.14. The van der Waals surface area contributed by atoms with Crippen LogP contribution in [0.5, 0.6) is 5.75 Å². The molecule has 4 heteroatoms. The fourth-order valence-corrected chi connectivity index (χ4v) is 2.86. The van der Waals surface area contributed by atoms with E-state index in [2.05, 4.69) is 17.2 Å². The summed E-state index contributed by atoms with van der Waals surface area (Å²) in [5.74, 6) is 0.865. The zero-order valence-corrected chi connectivity index (χ0v) is 13.4. The van der Waals surface area contributed by atoms with Gasteiger partial charge in [-0.05, 0) is 48.9 Å². The van der Waals surface area contributed by atoms with E-state index in [1.165, 1.54) is 0 Å². The maximum atomic E-state index is 5.53. The third kappa shape index (κ3) is 2.52. The third-order valence-corrected chi connectivity index (χ3v) is 3.92. The van der Waals surface area contributed by atoms with Gasteiger partial charge in [-0.3, -0.25) is 0 Å². The first-order chi connectivity index (χ1) is 11.9. The lowest BCUT2D eigenvalue weighted by atomic mass is 10.00. The molecule has 2 heterocycles. The highest BCUT2D eigenvalue weighted by molar-refractivity contribution is 5.91. The van der Waals surface area contributed by atoms with E-state index >= 15 is 0 Å². The van der Waals surface area contributed by atoms with E-state index in [-0.39, 0.29) is 0 Å². The number of hydrogen-bond acceptors (Lipinski definition) is 3. The molecular formula is C20H17N3O. The molecule has 0 saturated heterocycles. The fraction of sp³-hybridized carbons (Fsp3) is 0.100. The second kappa shape index (κ2) is 6.16. The molecule has 24 heavy (non-hydrogen) atoms. The summed E-state index contributed by atoms with van der Waals surface area (Å²) in [6, 6.07) is 22.3. The number of hydrogen-bond donors (Lipinski definition) is 0. The molecule has 4 rings (SSSR count). The summed E-state index contributed by atoms with van der Waals surface area (Å²) in [4.78, 5) is 0. The molecule has 0 amide bonds. The standard InChI is InChI=1S/C20H17N3O/c1-2-24-17-12-10-16(11-13-17)20-19(15-7-4-3-5-8-15)18-9-6-14-21-23(18)22-20/h3-14H,2H2,1H3. The fourth-order valence-electron chi connectivity index (χ4n) is 2.86. The monoisotopic (exact) mass is 315 g/mol. The predicted octanol–water partition coefficient (Wildman–Crippen LogP) is 4.46. The molecule has 0 aliphatic carbocycles. The minimum absolute atomic E-state index is 0.660. The van der Waals surface area contributed by atoms with Gasteiger partial charge in [0.05, 0.1) is 12.1 Å². The van der Waals surface area contributed by atoms with Gasteiger partial charge in [-0.25, -0.2) is 0 Å². The zero-order chi connectivity index (χ0) is 16.4. The van der Waals surface area contributed by atoms with Crippen molar-refractivity contribution in [1.29, 1.82) is 0 Å². The van der Waals surface area contributed by atoms with Crippen LogP contribution in [-0.4, -0.2) is 21.4 Å². The summed E-state index contributed by atoms with van der Waals surface area (Å²) < 4.78 is 7.22. The van der Waals surface area contributed by atoms with Crippen LogP contribution in [0.25, 0.3) is 27.9 Å². The lowest BCUT2D eigenvalue weighted by molar-refractivity contribution is 0.340. The van der Waals surface area contributed by atoms with E-state index in [0.717, 1.165) is 33.7 Å². The number of ether oxygens (including phenoxy) is 1. The molecule has 0 bridgehead atoms. The molecule has 2 aromatic heterocycles. The lowest BCUT2D eigenvalue weighted by Gasteiger charge is -2.06. The molecule has 4 nitrogen and oxygen atoms in total. The van der Waals surface area contributed by atoms with Crippen LogP contribution in [0.1, 0.15) is 6.92 Å². The first-order valence-corrected chi connectivity index (χ1v) is 7.99. The van der Waals surface area contributed by atoms with E-state index in [0.29, 0.717) is 6.61 Å². The Morgan fingerprint density at radius 2 is 1.67 bits per heavy atom. The van der Waals surface area contributed by atoms with E-state index in [1.54, 1.807) is 10.8 Å². The number of rotatable bonds is 4. The lowest BCUT2D eigenvalue weighted by Crippen LogP contribution is -1.92. The topological polar surface area (TPSA) is 39.4 Å². The molecule has 0 atom stereocenters. The van der Waals surface area contributed by atoms with Gasteiger partial charge in [0.1, 0.15) is 11.4 Å². The Balaban J connectivity index is 1.91. The van der Waals surface area contributed by atoms with Crippen LogP contribution >= 0.6 is 0 Å². The van der Waals surface area contributed by atoms with E-state index < -0.39 is 0 Å². The van der Waals surface area contributed by atoms with Crippen molar-refractivity contribution < 1.29 is 4.74 Å². The second-order valence-corrected chi connectivity index (χ2v) is 5.45. The predicted molar refractivity (Wildman–Crippen MR) is 95.0 cm³/mol. The molecule has 0 aliphatic heterocycles. The Labute approximate surface area is 140 Å². The number of benzene rings is 2. The van der Waals surface area contributed by atoms with Crippen LogP contribution in [0.15, 0.2) is 72.9 Å². The number of fused-ring (bicyclic) bond motifs is 1. The molecule has 0 N–H and O–H groups in total. The van der Waals surface area contributed by atoms with Gasteiger partial charge in [0.2, 0.25) is 0 Å². The first kappa shape index (κ1) is 14.5. The highest BCUT2D eigenvalue weighted by atomic mass is 16.5. The summed E-state index contributed by atoms with van der Waals surface area (Å²) in [6.07, 6.45) is 1.75. The molecule has 0 aliphatic rings. The Kier molecular flexibility index (Phi) is 3.71. The van der Waals surface area contributed by atoms with Crippen molar-refractivity contribution in [3.05, 3.63) is 72.9 Å². The van der Waals surface area contributed by atoms with Crippen LogP contribution < -0.4 is 4.74 Å². The minimum atomic E-state index is 0.660. The van der Waals surface area contributed by atoms with Crippen LogP contribution in [0.4, 0.5) is 0 Å². The largest absolute Gasteiger partial charge is 0.494 e. The van der Waals surface area contributed by atoms with Gasteiger partial charge in [-0.1, -0.05) is 30.3 Å². The second-order valence-electron chi connectivity index (χ2n) is 5.45. The van der Waals surface area contributed by atoms with Crippen molar-refractivity contribution in [3.8, 4) is 28.1 Å². The average molecular weight is 315 g/mol. The van der Waals surface area contributed by atoms with Crippen LogP contribution in [0, 0.1) is 0 Å². The molecule has 2 aromatic carbocycles. The number of nitrogens with zero attached hydrogens (tertiary/aromatic N) is 3. The van der Waals surface area contributed by atoms with Crippen LogP contribution in [0.2, 0.25) is 0 Å². The van der Waals surface area contributed by atoms with Crippen molar-refractivity contribution in [1.82, 2.24) is 14.8 Å². The van der Waals surface area contributed by atoms with Gasteiger partial charge >= 0.3 is 0 Å². The van der Waals surface area contributed by atoms with Crippen LogP contribution in [0.3, 0.4) is 0 Å². The van der Waals surface area contributed by atoms with E-state index in [1.807, 2.05) is 61.5 Å². The van der Waals surface area contributed by atoms with Gasteiger partial charge in [0, 0.05) is 17.3 Å². The van der Waals surface area contributed by atoms with Gasteiger partial charge in [-0.2, -0.15) is 9.73 Å². The zero-order valence-electron chi connectivity index (χ0n) is 13.4. The highest BCUT2D eigenvalue weighted by Gasteiger charge is 2.16. The van der Waals surface area contributed by atoms with Crippen LogP contribution in [-0.2, 0) is 0 Å². The SMILES string of the molecule is CCOc1ccc(-c2nn3ncccc3c2-c2ccccc2)cc1. The summed E-state index contributed by atoms with van der Waals surface area (Å²) in [5, 5.41) is 9.04. The molecule has 0 radical (unpaired) electrons. The Morgan fingerprint density at radius 1 is 0.875 bits per heavy atom. The normalized spacial score (nSPS) is 10.9. The van der Waals surface area contributed by atoms with E-state index in [9.17, 15) is 0 Å². The molecule has 0 saturated carbocycles. The molecule has 118 valence electrons. The highest BCUT2D eigenvalue weighted by Crippen LogP contribution is 2.35. The van der Waals surface area contributed by atoms with Crippen molar-refractivity contribution in [2.75, 3.05) is 6.61 Å². The van der Waals surface area contributed by atoms with Crippen molar-refractivity contribution in [2.45, 2.75) is 6.92 Å². The Bertz CT molecular complexity index is 959. The van der Waals surface area contributed by atoms with Crippen molar-refractivity contribution in [3.63, 3.8) is 0 Å². The molecule has 0 unspecified atom stereocenters. The number of aromatic nitrogens is 3. The smallest absolute Gasteiger partial charge is 0.119 e. The summed E-state index contributed by atoms with van der Waals surface area (Å²) in [6.45, 7) is 2.64. The van der Waals surface area contributed by atoms with Gasteiger partial charge in [-0.15, -0.1) is 5.10 Å². The average Bonchev–Trinajstić information content (AvgIpc) is 3.03. The Morgan fingerprint density at radius 3 is 2.42 bits per heavy atom. The minimum Gasteiger partial charge on any atom is -0.494 e. The summed E-state index contributed by atoms with van der Waals surface area (Å²) >= 11 is 0. The van der Waals surface area contributed by atoms with Gasteiger partial charge in [0.15, 0.2) is 0 Å². The molecule has 4 aromatic rings. The van der Waals surface area contributed by atoms with Crippen molar-refractivity contribution >= 4 is 5.52 Å². The van der Waals surface area contributed by atoms with E-state index in [4.69, 9.17) is 9.84 Å². The van der Waals surface area contributed by atoms with Gasteiger partial charge < -0.3 is 4.74 Å².